The first kappa shape index (κ1) is 14.9. The highest BCUT2D eigenvalue weighted by Gasteiger charge is 2.32. The van der Waals surface area contributed by atoms with Gasteiger partial charge in [0.1, 0.15) is 17.4 Å². The van der Waals surface area contributed by atoms with Gasteiger partial charge in [0.25, 0.3) is 0 Å². The van der Waals surface area contributed by atoms with Gasteiger partial charge in [0.2, 0.25) is 0 Å². The molecule has 0 aromatic heterocycles. The molecule has 1 unspecified atom stereocenters. The Morgan fingerprint density at radius 3 is 2.11 bits per heavy atom. The Labute approximate surface area is 107 Å². The second-order valence-electron chi connectivity index (χ2n) is 5.07. The average Bonchev–Trinajstić information content (AvgIpc) is 2.32. The second-order valence-corrected chi connectivity index (χ2v) is 5.07. The van der Waals surface area contributed by atoms with E-state index in [9.17, 15) is 8.78 Å². The normalized spacial score (nSPS) is 13.5. The molecule has 0 heterocycles. The number of hydrogen-bond acceptors (Lipinski definition) is 2. The molecule has 0 spiro atoms. The summed E-state index contributed by atoms with van der Waals surface area (Å²) in [5.41, 5.74) is -0.171. The summed E-state index contributed by atoms with van der Waals surface area (Å²) in [7, 11) is 3.10. The third-order valence-corrected chi connectivity index (χ3v) is 3.56. The van der Waals surface area contributed by atoms with Gasteiger partial charge in [-0.05, 0) is 18.9 Å². The molecule has 4 heteroatoms. The van der Waals surface area contributed by atoms with Crippen molar-refractivity contribution in [2.75, 3.05) is 14.2 Å². The van der Waals surface area contributed by atoms with Crippen molar-refractivity contribution < 1.29 is 13.5 Å². The highest BCUT2D eigenvalue weighted by molar-refractivity contribution is 5.33. The molecule has 0 bridgehead atoms. The second kappa shape index (κ2) is 5.65. The van der Waals surface area contributed by atoms with Crippen molar-refractivity contribution in [1.29, 1.82) is 0 Å². The molecule has 1 aromatic rings. The van der Waals surface area contributed by atoms with Crippen molar-refractivity contribution in [1.82, 2.24) is 5.32 Å². The van der Waals surface area contributed by atoms with Crippen molar-refractivity contribution in [3.05, 3.63) is 29.3 Å². The largest absolute Gasteiger partial charge is 0.497 e. The highest BCUT2D eigenvalue weighted by atomic mass is 19.1. The standard InChI is InChI=1S/C14H21F2NO/c1-6-14(2,3)13(17-4)12-10(15)7-9(18-5)8-11(12)16/h7-8,13,17H,6H2,1-5H3. The molecule has 0 radical (unpaired) electrons. The van der Waals surface area contributed by atoms with Crippen molar-refractivity contribution in [2.45, 2.75) is 33.2 Å². The Bertz CT molecular complexity index is 395. The molecule has 0 aliphatic rings. The Balaban J connectivity index is 3.30. The SMILES string of the molecule is CCC(C)(C)C(NC)c1c(F)cc(OC)cc1F. The van der Waals surface area contributed by atoms with Crippen molar-refractivity contribution in [3.63, 3.8) is 0 Å². The lowest BCUT2D eigenvalue weighted by molar-refractivity contribution is 0.234. The fraction of sp³-hybridized carbons (Fsp3) is 0.571. The van der Waals surface area contributed by atoms with Crippen LogP contribution in [0.2, 0.25) is 0 Å². The topological polar surface area (TPSA) is 21.3 Å². The van der Waals surface area contributed by atoms with Gasteiger partial charge in [-0.25, -0.2) is 8.78 Å². The summed E-state index contributed by atoms with van der Waals surface area (Å²) < 4.78 is 32.9. The van der Waals surface area contributed by atoms with E-state index < -0.39 is 11.6 Å². The summed E-state index contributed by atoms with van der Waals surface area (Å²) in [6, 6.07) is 2.05. The van der Waals surface area contributed by atoms with Crippen LogP contribution in [0.5, 0.6) is 5.75 Å². The molecule has 0 fully saturated rings. The van der Waals surface area contributed by atoms with E-state index >= 15 is 0 Å². The zero-order valence-corrected chi connectivity index (χ0v) is 11.6. The number of nitrogens with one attached hydrogen (secondary N) is 1. The van der Waals surface area contributed by atoms with Gasteiger partial charge in [-0.2, -0.15) is 0 Å². The van der Waals surface area contributed by atoms with Gasteiger partial charge in [0.15, 0.2) is 0 Å². The van der Waals surface area contributed by atoms with E-state index in [4.69, 9.17) is 4.74 Å². The van der Waals surface area contributed by atoms with E-state index in [1.54, 1.807) is 7.05 Å². The van der Waals surface area contributed by atoms with Gasteiger partial charge in [0, 0.05) is 23.7 Å². The van der Waals surface area contributed by atoms with Crippen LogP contribution in [0, 0.1) is 17.0 Å². The summed E-state index contributed by atoms with van der Waals surface area (Å²) in [5, 5.41) is 3.01. The molecule has 0 aliphatic carbocycles. The summed E-state index contributed by atoms with van der Waals surface area (Å²) in [4.78, 5) is 0. The number of benzene rings is 1. The predicted octanol–water partition coefficient (Wildman–Crippen LogP) is 3.67. The maximum absolute atomic E-state index is 14.0. The first-order valence-corrected chi connectivity index (χ1v) is 6.07. The van der Waals surface area contributed by atoms with Crippen molar-refractivity contribution in [3.8, 4) is 5.75 Å². The van der Waals surface area contributed by atoms with E-state index in [2.05, 4.69) is 5.32 Å². The quantitative estimate of drug-likeness (QED) is 0.869. The molecule has 1 rings (SSSR count). The number of ether oxygens (including phenoxy) is 1. The van der Waals surface area contributed by atoms with Crippen LogP contribution in [-0.2, 0) is 0 Å². The Hall–Kier alpha value is -1.16. The van der Waals surface area contributed by atoms with E-state index in [0.29, 0.717) is 0 Å². The van der Waals surface area contributed by atoms with Gasteiger partial charge in [-0.15, -0.1) is 0 Å². The maximum atomic E-state index is 14.0. The lowest BCUT2D eigenvalue weighted by atomic mass is 9.78. The zero-order valence-electron chi connectivity index (χ0n) is 11.6. The summed E-state index contributed by atoms with van der Waals surface area (Å²) in [6.07, 6.45) is 0.809. The van der Waals surface area contributed by atoms with Crippen LogP contribution in [0.15, 0.2) is 12.1 Å². The molecule has 0 amide bonds. The van der Waals surface area contributed by atoms with Gasteiger partial charge in [-0.1, -0.05) is 20.8 Å². The summed E-state index contributed by atoms with van der Waals surface area (Å²) >= 11 is 0. The fourth-order valence-electron chi connectivity index (χ4n) is 2.08. The van der Waals surface area contributed by atoms with Gasteiger partial charge < -0.3 is 10.1 Å². The first-order valence-electron chi connectivity index (χ1n) is 6.07. The van der Waals surface area contributed by atoms with Gasteiger partial charge >= 0.3 is 0 Å². The minimum atomic E-state index is -0.576. The van der Waals surface area contributed by atoms with Crippen LogP contribution in [-0.4, -0.2) is 14.2 Å². The average molecular weight is 257 g/mol. The third-order valence-electron chi connectivity index (χ3n) is 3.56. The minimum absolute atomic E-state index is 0.0742. The molecular weight excluding hydrogens is 236 g/mol. The van der Waals surface area contributed by atoms with Crippen LogP contribution >= 0.6 is 0 Å². The van der Waals surface area contributed by atoms with Gasteiger partial charge in [0.05, 0.1) is 7.11 Å². The smallest absolute Gasteiger partial charge is 0.134 e. The minimum Gasteiger partial charge on any atom is -0.497 e. The van der Waals surface area contributed by atoms with Crippen LogP contribution < -0.4 is 10.1 Å². The Morgan fingerprint density at radius 1 is 1.28 bits per heavy atom. The lowest BCUT2D eigenvalue weighted by Gasteiger charge is -2.34. The monoisotopic (exact) mass is 257 g/mol. The zero-order chi connectivity index (χ0) is 13.9. The molecule has 1 N–H and O–H groups in total. The van der Waals surface area contributed by atoms with Crippen LogP contribution in [0.4, 0.5) is 8.78 Å². The molecule has 0 saturated heterocycles. The van der Waals surface area contributed by atoms with Crippen LogP contribution in [0.1, 0.15) is 38.8 Å². The first-order chi connectivity index (χ1) is 8.37. The maximum Gasteiger partial charge on any atom is 0.134 e. The van der Waals surface area contributed by atoms with Crippen molar-refractivity contribution in [2.24, 2.45) is 5.41 Å². The Morgan fingerprint density at radius 2 is 1.78 bits per heavy atom. The van der Waals surface area contributed by atoms with Gasteiger partial charge in [-0.3, -0.25) is 0 Å². The number of hydrogen-bond donors (Lipinski definition) is 1. The van der Waals surface area contributed by atoms with E-state index in [1.807, 2.05) is 20.8 Å². The predicted molar refractivity (Wildman–Crippen MR) is 68.8 cm³/mol. The number of rotatable bonds is 5. The third kappa shape index (κ3) is 2.80. The highest BCUT2D eigenvalue weighted by Crippen LogP contribution is 2.39. The molecule has 102 valence electrons. The lowest BCUT2D eigenvalue weighted by Crippen LogP contribution is -2.33. The number of methoxy groups -OCH3 is 1. The van der Waals surface area contributed by atoms with Crippen LogP contribution in [0.25, 0.3) is 0 Å². The van der Waals surface area contributed by atoms with Crippen LogP contribution in [0.3, 0.4) is 0 Å². The van der Waals surface area contributed by atoms with E-state index in [0.717, 1.165) is 6.42 Å². The molecule has 1 aromatic carbocycles. The molecule has 2 nitrogen and oxygen atoms in total. The molecular formula is C14H21F2NO. The number of halogens is 2. The van der Waals surface area contributed by atoms with Crippen molar-refractivity contribution >= 4 is 0 Å². The summed E-state index contributed by atoms with van der Waals surface area (Å²) in [6.45, 7) is 5.97. The molecule has 18 heavy (non-hydrogen) atoms. The molecule has 0 saturated carbocycles. The van der Waals surface area contributed by atoms with E-state index in [1.165, 1.54) is 19.2 Å². The fourth-order valence-corrected chi connectivity index (χ4v) is 2.08. The molecule has 0 aliphatic heterocycles. The van der Waals surface area contributed by atoms with E-state index in [-0.39, 0.29) is 22.8 Å². The molecule has 1 atom stereocenters. The summed E-state index contributed by atoms with van der Waals surface area (Å²) in [5.74, 6) is -0.960. The Kier molecular flexibility index (Phi) is 4.68.